The van der Waals surface area contributed by atoms with Crippen molar-refractivity contribution in [3.63, 3.8) is 0 Å². The molecule has 0 amide bonds. The van der Waals surface area contributed by atoms with Gasteiger partial charge in [-0.05, 0) is 43.3 Å². The summed E-state index contributed by atoms with van der Waals surface area (Å²) in [7, 11) is 0. The average Bonchev–Trinajstić information content (AvgIpc) is 2.65. The highest BCUT2D eigenvalue weighted by Gasteiger charge is 2.08. The van der Waals surface area contributed by atoms with Gasteiger partial charge in [0.15, 0.2) is 6.61 Å². The molecule has 0 saturated carbocycles. The van der Waals surface area contributed by atoms with E-state index >= 15 is 0 Å². The van der Waals surface area contributed by atoms with E-state index in [2.05, 4.69) is 4.98 Å². The van der Waals surface area contributed by atoms with Gasteiger partial charge in [-0.15, -0.1) is 0 Å². The second-order valence-corrected chi connectivity index (χ2v) is 5.58. The van der Waals surface area contributed by atoms with Crippen LogP contribution < -0.4 is 10.3 Å². The third-order valence-electron chi connectivity index (χ3n) is 3.69. The largest absolute Gasteiger partial charge is 0.482 e. The van der Waals surface area contributed by atoms with Crippen molar-refractivity contribution in [2.45, 2.75) is 13.5 Å². The summed E-state index contributed by atoms with van der Waals surface area (Å²) in [6.45, 7) is 1.41. The van der Waals surface area contributed by atoms with E-state index in [1.807, 2.05) is 13.0 Å². The summed E-state index contributed by atoms with van der Waals surface area (Å²) in [5.41, 5.74) is 1.92. The number of pyridine rings is 1. The predicted octanol–water partition coefficient (Wildman–Crippen LogP) is 1.94. The van der Waals surface area contributed by atoms with Crippen LogP contribution in [0.3, 0.4) is 0 Å². The summed E-state index contributed by atoms with van der Waals surface area (Å²) in [5, 5.41) is 0. The van der Waals surface area contributed by atoms with Crippen LogP contribution in [0.2, 0.25) is 0 Å². The minimum Gasteiger partial charge on any atom is -0.482 e. The van der Waals surface area contributed by atoms with E-state index in [4.69, 9.17) is 9.47 Å². The lowest BCUT2D eigenvalue weighted by Gasteiger charge is -2.08. The molecule has 0 aliphatic carbocycles. The van der Waals surface area contributed by atoms with Crippen molar-refractivity contribution in [2.24, 2.45) is 0 Å². The molecule has 26 heavy (non-hydrogen) atoms. The third kappa shape index (κ3) is 3.94. The van der Waals surface area contributed by atoms with Crippen molar-refractivity contribution in [3.8, 4) is 5.75 Å². The van der Waals surface area contributed by atoms with Gasteiger partial charge < -0.3 is 9.47 Å². The molecule has 7 heteroatoms. The number of rotatable bonds is 6. The Morgan fingerprint density at radius 3 is 2.69 bits per heavy atom. The van der Waals surface area contributed by atoms with Gasteiger partial charge in [0.2, 0.25) is 0 Å². The number of carbonyl (C=O) groups excluding carboxylic acids is 2. The maximum Gasteiger partial charge on any atom is 0.344 e. The molecule has 0 radical (unpaired) electrons. The van der Waals surface area contributed by atoms with E-state index in [-0.39, 0.29) is 18.8 Å². The van der Waals surface area contributed by atoms with Gasteiger partial charge in [-0.2, -0.15) is 0 Å². The maximum atomic E-state index is 12.2. The van der Waals surface area contributed by atoms with Gasteiger partial charge in [-0.3, -0.25) is 14.0 Å². The van der Waals surface area contributed by atoms with Crippen LogP contribution in [0, 0.1) is 6.92 Å². The molecule has 0 unspecified atom stereocenters. The van der Waals surface area contributed by atoms with Gasteiger partial charge >= 0.3 is 5.97 Å². The van der Waals surface area contributed by atoms with E-state index in [9.17, 15) is 14.4 Å². The van der Waals surface area contributed by atoms with Crippen molar-refractivity contribution in [3.05, 3.63) is 75.8 Å². The highest BCUT2D eigenvalue weighted by Crippen LogP contribution is 2.11. The maximum absolute atomic E-state index is 12.2. The molecule has 0 atom stereocenters. The fraction of sp³-hybridized carbons (Fsp3) is 0.158. The molecule has 7 nitrogen and oxygen atoms in total. The Balaban J connectivity index is 1.59. The van der Waals surface area contributed by atoms with Gasteiger partial charge in [-0.1, -0.05) is 6.07 Å². The summed E-state index contributed by atoms with van der Waals surface area (Å²) >= 11 is 0. The lowest BCUT2D eigenvalue weighted by Crippen LogP contribution is -2.19. The monoisotopic (exact) mass is 352 g/mol. The fourth-order valence-corrected chi connectivity index (χ4v) is 2.42. The van der Waals surface area contributed by atoms with E-state index in [0.29, 0.717) is 22.7 Å². The van der Waals surface area contributed by atoms with Gasteiger partial charge in [0.1, 0.15) is 24.3 Å². The van der Waals surface area contributed by atoms with Crippen molar-refractivity contribution >= 4 is 17.9 Å². The number of aldehydes is 1. The van der Waals surface area contributed by atoms with Crippen molar-refractivity contribution in [1.29, 1.82) is 0 Å². The van der Waals surface area contributed by atoms with Crippen molar-refractivity contribution < 1.29 is 19.1 Å². The predicted molar refractivity (Wildman–Crippen MR) is 93.3 cm³/mol. The summed E-state index contributed by atoms with van der Waals surface area (Å²) < 4.78 is 11.9. The molecule has 2 aromatic heterocycles. The number of fused-ring (bicyclic) bond motifs is 1. The minimum absolute atomic E-state index is 0.119. The number of nitrogens with zero attached hydrogens (tertiary/aromatic N) is 2. The van der Waals surface area contributed by atoms with Crippen LogP contribution in [0.4, 0.5) is 0 Å². The number of aryl methyl sites for hydroxylation is 1. The highest BCUT2D eigenvalue weighted by atomic mass is 16.6. The zero-order valence-electron chi connectivity index (χ0n) is 14.0. The van der Waals surface area contributed by atoms with Gasteiger partial charge in [0.25, 0.3) is 5.56 Å². The lowest BCUT2D eigenvalue weighted by atomic mass is 10.2. The van der Waals surface area contributed by atoms with Crippen LogP contribution in [0.15, 0.2) is 53.3 Å². The minimum atomic E-state index is -0.587. The Morgan fingerprint density at radius 2 is 1.96 bits per heavy atom. The summed E-state index contributed by atoms with van der Waals surface area (Å²) in [6.07, 6.45) is 0.721. The standard InChI is InChI=1S/C19H16N2O5/c1-13-3-2-4-17-20-15(9-18(23)21(13)17)11-26-19(24)12-25-16-7-5-14(10-22)6-8-16/h2-10H,11-12H2,1H3. The van der Waals surface area contributed by atoms with Crippen LogP contribution in [-0.2, 0) is 16.1 Å². The number of hydrogen-bond acceptors (Lipinski definition) is 6. The molecular weight excluding hydrogens is 336 g/mol. The quantitative estimate of drug-likeness (QED) is 0.498. The van der Waals surface area contributed by atoms with Gasteiger partial charge in [0.05, 0.1) is 5.69 Å². The van der Waals surface area contributed by atoms with Crippen LogP contribution in [0.5, 0.6) is 5.75 Å². The number of aromatic nitrogens is 2. The topological polar surface area (TPSA) is 87.0 Å². The molecule has 0 N–H and O–H groups in total. The fourth-order valence-electron chi connectivity index (χ4n) is 2.42. The van der Waals surface area contributed by atoms with Crippen molar-refractivity contribution in [2.75, 3.05) is 6.61 Å². The molecular formula is C19H16N2O5. The molecule has 0 aliphatic rings. The molecule has 2 heterocycles. The highest BCUT2D eigenvalue weighted by molar-refractivity contribution is 5.75. The van der Waals surface area contributed by atoms with Crippen LogP contribution in [-0.4, -0.2) is 28.2 Å². The first-order chi connectivity index (χ1) is 12.6. The molecule has 0 fully saturated rings. The first-order valence-corrected chi connectivity index (χ1v) is 7.89. The molecule has 0 spiro atoms. The zero-order valence-corrected chi connectivity index (χ0v) is 14.0. The Morgan fingerprint density at radius 1 is 1.19 bits per heavy atom. The Hall–Kier alpha value is -3.48. The van der Waals surface area contributed by atoms with Crippen LogP contribution >= 0.6 is 0 Å². The van der Waals surface area contributed by atoms with E-state index in [0.717, 1.165) is 12.0 Å². The number of benzene rings is 1. The second-order valence-electron chi connectivity index (χ2n) is 5.58. The summed E-state index contributed by atoms with van der Waals surface area (Å²) in [4.78, 5) is 38.9. The van der Waals surface area contributed by atoms with Crippen molar-refractivity contribution in [1.82, 2.24) is 9.38 Å². The summed E-state index contributed by atoms with van der Waals surface area (Å²) in [6, 6.07) is 13.0. The lowest BCUT2D eigenvalue weighted by molar-refractivity contribution is -0.147. The van der Waals surface area contributed by atoms with Gasteiger partial charge in [0, 0.05) is 17.3 Å². The van der Waals surface area contributed by atoms with E-state index in [1.54, 1.807) is 36.4 Å². The Bertz CT molecular complexity index is 1010. The van der Waals surface area contributed by atoms with E-state index in [1.165, 1.54) is 10.5 Å². The van der Waals surface area contributed by atoms with E-state index < -0.39 is 5.97 Å². The first kappa shape index (κ1) is 17.3. The molecule has 0 saturated heterocycles. The van der Waals surface area contributed by atoms with Crippen LogP contribution in [0.25, 0.3) is 5.65 Å². The normalized spacial score (nSPS) is 10.5. The molecule has 0 bridgehead atoms. The third-order valence-corrected chi connectivity index (χ3v) is 3.69. The van der Waals surface area contributed by atoms with Gasteiger partial charge in [-0.25, -0.2) is 9.78 Å². The molecule has 3 aromatic rings. The molecule has 3 rings (SSSR count). The first-order valence-electron chi connectivity index (χ1n) is 7.89. The number of esters is 1. The Kier molecular flexibility index (Phi) is 5.07. The SMILES string of the molecule is Cc1cccc2nc(COC(=O)COc3ccc(C=O)cc3)cc(=O)n12. The second kappa shape index (κ2) is 7.60. The zero-order chi connectivity index (χ0) is 18.5. The summed E-state index contributed by atoms with van der Waals surface area (Å²) in [5.74, 6) is -0.138. The van der Waals surface area contributed by atoms with Crippen LogP contribution in [0.1, 0.15) is 21.7 Å². The molecule has 1 aromatic carbocycles. The number of carbonyl (C=O) groups is 2. The average molecular weight is 352 g/mol. The number of hydrogen-bond donors (Lipinski definition) is 0. The smallest absolute Gasteiger partial charge is 0.344 e. The molecule has 132 valence electrons. The Labute approximate surface area is 148 Å². The number of ether oxygens (including phenoxy) is 2. The molecule has 0 aliphatic heterocycles.